The van der Waals surface area contributed by atoms with E-state index in [-0.39, 0.29) is 11.3 Å². The van der Waals surface area contributed by atoms with Crippen molar-refractivity contribution in [1.82, 2.24) is 10.3 Å². The number of hydrogen-bond donors (Lipinski definition) is 1. The minimum atomic E-state index is -0.573. The first-order valence-corrected chi connectivity index (χ1v) is 9.73. The molecule has 4 nitrogen and oxygen atoms in total. The lowest BCUT2D eigenvalue weighted by Crippen LogP contribution is -2.68. The standard InChI is InChI=1S/C24H23N3O/c1-23(2)19-7-3-4-8-21(19)27-15-12-22(28)26-24(23,27)13-11-17-9-10-20-18(16-17)6-5-14-25-20/h3-11,13-14,16H,12,15H2,1-2H3,(H,26,28)/t24-/m0/s1. The average Bonchev–Trinajstić information content (AvgIpc) is 2.90. The Balaban J connectivity index is 1.62. The lowest BCUT2D eigenvalue weighted by atomic mass is 9.74. The lowest BCUT2D eigenvalue weighted by molar-refractivity contribution is -0.124. The minimum absolute atomic E-state index is 0.101. The van der Waals surface area contributed by atoms with Gasteiger partial charge in [-0.1, -0.05) is 50.3 Å². The van der Waals surface area contributed by atoms with Gasteiger partial charge in [0.25, 0.3) is 0 Å². The number of rotatable bonds is 2. The highest BCUT2D eigenvalue weighted by Crippen LogP contribution is 2.52. The SMILES string of the molecule is CC1(C)c2ccccc2N2CCC(=O)N[C@@]21C=Cc1ccc2ncccc2c1. The molecule has 2 aliphatic rings. The molecule has 28 heavy (non-hydrogen) atoms. The van der Waals surface area contributed by atoms with Gasteiger partial charge in [0.1, 0.15) is 5.66 Å². The molecular formula is C24H23N3O. The average molecular weight is 369 g/mol. The fraction of sp³-hybridized carbons (Fsp3) is 0.250. The summed E-state index contributed by atoms with van der Waals surface area (Å²) in [7, 11) is 0. The second-order valence-corrected chi connectivity index (χ2v) is 8.15. The summed E-state index contributed by atoms with van der Waals surface area (Å²) in [4.78, 5) is 19.2. The van der Waals surface area contributed by atoms with Crippen LogP contribution in [0.2, 0.25) is 0 Å². The van der Waals surface area contributed by atoms with Crippen molar-refractivity contribution in [2.24, 2.45) is 0 Å². The van der Waals surface area contributed by atoms with Gasteiger partial charge in [-0.3, -0.25) is 9.78 Å². The number of aromatic nitrogens is 1. The van der Waals surface area contributed by atoms with E-state index in [0.717, 1.165) is 23.0 Å². The van der Waals surface area contributed by atoms with E-state index in [1.807, 2.05) is 18.3 Å². The van der Waals surface area contributed by atoms with Gasteiger partial charge in [0.15, 0.2) is 0 Å². The van der Waals surface area contributed by atoms with Crippen LogP contribution in [0.1, 0.15) is 31.4 Å². The maximum atomic E-state index is 12.5. The van der Waals surface area contributed by atoms with E-state index >= 15 is 0 Å². The molecule has 2 aromatic carbocycles. The van der Waals surface area contributed by atoms with Crippen LogP contribution in [0.4, 0.5) is 5.69 Å². The molecule has 1 amide bonds. The van der Waals surface area contributed by atoms with Crippen LogP contribution >= 0.6 is 0 Å². The second kappa shape index (κ2) is 5.93. The highest BCUT2D eigenvalue weighted by Gasteiger charge is 2.57. The van der Waals surface area contributed by atoms with Crippen LogP contribution in [0.3, 0.4) is 0 Å². The smallest absolute Gasteiger partial charge is 0.223 e. The number of nitrogens with zero attached hydrogens (tertiary/aromatic N) is 2. The van der Waals surface area contributed by atoms with Crippen LogP contribution in [0, 0.1) is 0 Å². The van der Waals surface area contributed by atoms with Crippen molar-refractivity contribution in [2.75, 3.05) is 11.4 Å². The van der Waals surface area contributed by atoms with E-state index in [9.17, 15) is 4.79 Å². The monoisotopic (exact) mass is 369 g/mol. The first-order chi connectivity index (χ1) is 13.5. The molecule has 0 bridgehead atoms. The first kappa shape index (κ1) is 17.0. The van der Waals surface area contributed by atoms with E-state index < -0.39 is 5.66 Å². The number of para-hydroxylation sites is 1. The van der Waals surface area contributed by atoms with Crippen LogP contribution in [0.5, 0.6) is 0 Å². The molecule has 3 aromatic rings. The van der Waals surface area contributed by atoms with Gasteiger partial charge in [-0.25, -0.2) is 0 Å². The van der Waals surface area contributed by atoms with E-state index in [0.29, 0.717) is 6.42 Å². The Kier molecular flexibility index (Phi) is 3.60. The highest BCUT2D eigenvalue weighted by molar-refractivity contribution is 5.85. The number of benzene rings is 2. The Morgan fingerprint density at radius 1 is 1.11 bits per heavy atom. The van der Waals surface area contributed by atoms with Crippen LogP contribution in [0.25, 0.3) is 17.0 Å². The van der Waals surface area contributed by atoms with Crippen LogP contribution < -0.4 is 10.2 Å². The van der Waals surface area contributed by atoms with Crippen molar-refractivity contribution in [2.45, 2.75) is 31.3 Å². The topological polar surface area (TPSA) is 45.2 Å². The number of anilines is 1. The Morgan fingerprint density at radius 2 is 1.96 bits per heavy atom. The Hall–Kier alpha value is -3.14. The summed E-state index contributed by atoms with van der Waals surface area (Å²) in [6.07, 6.45) is 6.62. The number of nitrogens with one attached hydrogen (secondary N) is 1. The molecule has 1 fully saturated rings. The van der Waals surface area contributed by atoms with Crippen molar-refractivity contribution in [1.29, 1.82) is 0 Å². The van der Waals surface area contributed by atoms with Gasteiger partial charge in [-0.05, 0) is 41.5 Å². The summed E-state index contributed by atoms with van der Waals surface area (Å²) in [5.74, 6) is 0.101. The summed E-state index contributed by atoms with van der Waals surface area (Å²) in [5.41, 5.74) is 3.73. The molecule has 1 aromatic heterocycles. The third-order valence-electron chi connectivity index (χ3n) is 6.28. The second-order valence-electron chi connectivity index (χ2n) is 8.15. The lowest BCUT2D eigenvalue weighted by Gasteiger charge is -2.49. The van der Waals surface area contributed by atoms with Gasteiger partial charge in [0, 0.05) is 35.7 Å². The molecule has 3 heterocycles. The van der Waals surface area contributed by atoms with Gasteiger partial charge in [-0.15, -0.1) is 0 Å². The molecular weight excluding hydrogens is 346 g/mol. The van der Waals surface area contributed by atoms with Crippen LogP contribution in [0.15, 0.2) is 66.9 Å². The maximum absolute atomic E-state index is 12.5. The van der Waals surface area contributed by atoms with Crippen molar-refractivity contribution in [3.05, 3.63) is 78.0 Å². The molecule has 0 unspecified atom stereocenters. The summed E-state index contributed by atoms with van der Waals surface area (Å²) in [5, 5.41) is 4.44. The van der Waals surface area contributed by atoms with Crippen molar-refractivity contribution in [3.63, 3.8) is 0 Å². The summed E-state index contributed by atoms with van der Waals surface area (Å²) >= 11 is 0. The third kappa shape index (κ3) is 2.30. The fourth-order valence-corrected chi connectivity index (χ4v) is 4.73. The molecule has 140 valence electrons. The van der Waals surface area contributed by atoms with Crippen molar-refractivity contribution < 1.29 is 4.79 Å². The quantitative estimate of drug-likeness (QED) is 0.734. The number of pyridine rings is 1. The summed E-state index contributed by atoms with van der Waals surface area (Å²) in [6.45, 7) is 5.15. The molecule has 5 rings (SSSR count). The molecule has 0 aliphatic carbocycles. The van der Waals surface area contributed by atoms with Crippen molar-refractivity contribution >= 4 is 28.6 Å². The number of fused-ring (bicyclic) bond motifs is 4. The number of amides is 1. The normalized spacial score (nSPS) is 22.9. The Bertz CT molecular complexity index is 1120. The predicted molar refractivity (Wildman–Crippen MR) is 113 cm³/mol. The Morgan fingerprint density at radius 3 is 2.86 bits per heavy atom. The summed E-state index contributed by atoms with van der Waals surface area (Å²) in [6, 6.07) is 18.8. The number of carbonyl (C=O) groups is 1. The van der Waals surface area contributed by atoms with E-state index in [2.05, 4.69) is 83.7 Å². The van der Waals surface area contributed by atoms with E-state index in [1.54, 1.807) is 0 Å². The first-order valence-electron chi connectivity index (χ1n) is 9.73. The molecule has 0 radical (unpaired) electrons. The van der Waals surface area contributed by atoms with Crippen LogP contribution in [-0.4, -0.2) is 23.1 Å². The Labute approximate surface area is 164 Å². The number of carbonyl (C=O) groups excluding carboxylic acids is 1. The molecule has 1 N–H and O–H groups in total. The molecule has 1 atom stereocenters. The zero-order valence-corrected chi connectivity index (χ0v) is 16.1. The van der Waals surface area contributed by atoms with Gasteiger partial charge in [-0.2, -0.15) is 0 Å². The maximum Gasteiger partial charge on any atom is 0.223 e. The predicted octanol–water partition coefficient (Wildman–Crippen LogP) is 4.26. The summed E-state index contributed by atoms with van der Waals surface area (Å²) < 4.78 is 0. The van der Waals surface area contributed by atoms with Gasteiger partial charge < -0.3 is 10.2 Å². The highest BCUT2D eigenvalue weighted by atomic mass is 16.2. The van der Waals surface area contributed by atoms with Crippen LogP contribution in [-0.2, 0) is 10.2 Å². The zero-order chi connectivity index (χ0) is 19.4. The molecule has 0 saturated carbocycles. The molecule has 4 heteroatoms. The van der Waals surface area contributed by atoms with Crippen molar-refractivity contribution in [3.8, 4) is 0 Å². The van der Waals surface area contributed by atoms with Gasteiger partial charge in [0.05, 0.1) is 5.52 Å². The van der Waals surface area contributed by atoms with Gasteiger partial charge >= 0.3 is 0 Å². The molecule has 2 aliphatic heterocycles. The molecule has 1 saturated heterocycles. The van der Waals surface area contributed by atoms with E-state index in [4.69, 9.17) is 0 Å². The minimum Gasteiger partial charge on any atom is -0.344 e. The third-order valence-corrected chi connectivity index (χ3v) is 6.28. The van der Waals surface area contributed by atoms with Gasteiger partial charge in [0.2, 0.25) is 5.91 Å². The molecule has 0 spiro atoms. The zero-order valence-electron chi connectivity index (χ0n) is 16.1. The van der Waals surface area contributed by atoms with E-state index in [1.165, 1.54) is 11.3 Å². The fourth-order valence-electron chi connectivity index (χ4n) is 4.73. The number of hydrogen-bond acceptors (Lipinski definition) is 3. The largest absolute Gasteiger partial charge is 0.344 e.